The summed E-state index contributed by atoms with van der Waals surface area (Å²) in [5.41, 5.74) is 2.95. The maximum Gasteiger partial charge on any atom is 0.325 e. The number of nitrogens with zero attached hydrogens (tertiary/aromatic N) is 2. The van der Waals surface area contributed by atoms with Crippen molar-refractivity contribution in [3.05, 3.63) is 59.2 Å². The Labute approximate surface area is 181 Å². The zero-order chi connectivity index (χ0) is 22.8. The predicted molar refractivity (Wildman–Crippen MR) is 115 cm³/mol. The van der Waals surface area contributed by atoms with Gasteiger partial charge in [-0.25, -0.2) is 0 Å². The van der Waals surface area contributed by atoms with Crippen LogP contribution >= 0.6 is 0 Å². The number of amides is 2. The molecule has 0 aliphatic heterocycles. The standard InChI is InChI=1S/C23H25N3O5/c1-16-11-17(2)13-19(12-16)26(10-4-9-24)21(27)15-31-22(28)14-25-23(29)18-5-7-20(30-3)8-6-18/h5-8,11-13H,4,10,14-15H2,1-3H3,(H,25,29). The summed E-state index contributed by atoms with van der Waals surface area (Å²) in [6, 6.07) is 14.1. The molecular weight excluding hydrogens is 398 g/mol. The lowest BCUT2D eigenvalue weighted by Gasteiger charge is -2.22. The van der Waals surface area contributed by atoms with E-state index >= 15 is 0 Å². The number of carbonyl (C=O) groups excluding carboxylic acids is 3. The summed E-state index contributed by atoms with van der Waals surface area (Å²) >= 11 is 0. The lowest BCUT2D eigenvalue weighted by Crippen LogP contribution is -2.37. The number of anilines is 1. The van der Waals surface area contributed by atoms with Gasteiger partial charge in [-0.05, 0) is 61.4 Å². The molecule has 0 spiro atoms. The van der Waals surface area contributed by atoms with Crippen LogP contribution in [0, 0.1) is 25.2 Å². The minimum Gasteiger partial charge on any atom is -0.497 e. The monoisotopic (exact) mass is 423 g/mol. The Morgan fingerprint density at radius 2 is 1.71 bits per heavy atom. The summed E-state index contributed by atoms with van der Waals surface area (Å²) in [4.78, 5) is 38.1. The van der Waals surface area contributed by atoms with Gasteiger partial charge in [0.05, 0.1) is 19.6 Å². The maximum absolute atomic E-state index is 12.6. The van der Waals surface area contributed by atoms with Gasteiger partial charge in [0.15, 0.2) is 6.61 Å². The average molecular weight is 423 g/mol. The molecule has 1 N–H and O–H groups in total. The number of hydrogen-bond donors (Lipinski definition) is 1. The van der Waals surface area contributed by atoms with Gasteiger partial charge in [-0.2, -0.15) is 5.26 Å². The first-order valence-corrected chi connectivity index (χ1v) is 9.67. The van der Waals surface area contributed by atoms with Gasteiger partial charge >= 0.3 is 5.97 Å². The Morgan fingerprint density at radius 3 is 2.29 bits per heavy atom. The van der Waals surface area contributed by atoms with E-state index in [0.717, 1.165) is 11.1 Å². The summed E-state index contributed by atoms with van der Waals surface area (Å²) in [6.07, 6.45) is 0.143. The number of aryl methyl sites for hydroxylation is 2. The highest BCUT2D eigenvalue weighted by Gasteiger charge is 2.18. The molecule has 0 bridgehead atoms. The highest BCUT2D eigenvalue weighted by molar-refractivity contribution is 5.97. The molecule has 0 atom stereocenters. The Morgan fingerprint density at radius 1 is 1.06 bits per heavy atom. The van der Waals surface area contributed by atoms with Gasteiger partial charge in [0.1, 0.15) is 12.3 Å². The molecule has 0 radical (unpaired) electrons. The van der Waals surface area contributed by atoms with Gasteiger partial charge in [-0.15, -0.1) is 0 Å². The molecule has 162 valence electrons. The second-order valence-corrected chi connectivity index (χ2v) is 6.87. The van der Waals surface area contributed by atoms with E-state index in [1.165, 1.54) is 12.0 Å². The van der Waals surface area contributed by atoms with E-state index in [1.807, 2.05) is 38.1 Å². The van der Waals surface area contributed by atoms with Gasteiger partial charge < -0.3 is 19.7 Å². The molecule has 0 saturated heterocycles. The van der Waals surface area contributed by atoms with E-state index in [2.05, 4.69) is 5.32 Å². The van der Waals surface area contributed by atoms with Crippen molar-refractivity contribution in [3.8, 4) is 11.8 Å². The molecule has 0 saturated carbocycles. The Hall–Kier alpha value is -3.86. The van der Waals surface area contributed by atoms with E-state index in [0.29, 0.717) is 17.0 Å². The largest absolute Gasteiger partial charge is 0.497 e. The lowest BCUT2D eigenvalue weighted by molar-refractivity contribution is -0.146. The summed E-state index contributed by atoms with van der Waals surface area (Å²) in [7, 11) is 1.52. The highest BCUT2D eigenvalue weighted by atomic mass is 16.5. The second-order valence-electron chi connectivity index (χ2n) is 6.87. The number of hydrogen-bond acceptors (Lipinski definition) is 6. The molecule has 0 aliphatic rings. The molecule has 2 aromatic rings. The minimum absolute atomic E-state index is 0.143. The first-order valence-electron chi connectivity index (χ1n) is 9.67. The number of nitriles is 1. The third kappa shape index (κ3) is 7.16. The van der Waals surface area contributed by atoms with Gasteiger partial charge in [0, 0.05) is 17.8 Å². The van der Waals surface area contributed by atoms with Gasteiger partial charge in [-0.1, -0.05) is 6.07 Å². The molecule has 0 aromatic heterocycles. The van der Waals surface area contributed by atoms with Crippen LogP contribution in [0.5, 0.6) is 5.75 Å². The normalized spacial score (nSPS) is 10.0. The molecular formula is C23H25N3O5. The fraction of sp³-hybridized carbons (Fsp3) is 0.304. The van der Waals surface area contributed by atoms with Crippen molar-refractivity contribution in [2.24, 2.45) is 0 Å². The Bertz CT molecular complexity index is 959. The lowest BCUT2D eigenvalue weighted by atomic mass is 10.1. The topological polar surface area (TPSA) is 109 Å². The highest BCUT2D eigenvalue weighted by Crippen LogP contribution is 2.19. The van der Waals surface area contributed by atoms with Crippen LogP contribution in [-0.2, 0) is 14.3 Å². The minimum atomic E-state index is -0.740. The molecule has 2 amide bonds. The van der Waals surface area contributed by atoms with E-state index in [4.69, 9.17) is 14.7 Å². The summed E-state index contributed by atoms with van der Waals surface area (Å²) in [5, 5.41) is 11.3. The zero-order valence-corrected chi connectivity index (χ0v) is 17.8. The summed E-state index contributed by atoms with van der Waals surface area (Å²) in [5.74, 6) is -1.03. The van der Waals surface area contributed by atoms with Gasteiger partial charge in [0.2, 0.25) is 0 Å². The summed E-state index contributed by atoms with van der Waals surface area (Å²) < 4.78 is 10.1. The average Bonchev–Trinajstić information content (AvgIpc) is 2.75. The van der Waals surface area contributed by atoms with Crippen molar-refractivity contribution in [2.45, 2.75) is 20.3 Å². The fourth-order valence-electron chi connectivity index (χ4n) is 2.93. The molecule has 0 heterocycles. The predicted octanol–water partition coefficient (Wildman–Crippen LogP) is 2.53. The number of benzene rings is 2. The number of rotatable bonds is 9. The molecule has 2 rings (SSSR count). The van der Waals surface area contributed by atoms with Crippen LogP contribution in [0.15, 0.2) is 42.5 Å². The number of nitrogens with one attached hydrogen (secondary N) is 1. The first-order chi connectivity index (χ1) is 14.8. The zero-order valence-electron chi connectivity index (χ0n) is 17.8. The molecule has 8 heteroatoms. The van der Waals surface area contributed by atoms with Crippen molar-refractivity contribution in [2.75, 3.05) is 31.7 Å². The summed E-state index contributed by atoms with van der Waals surface area (Å²) in [6.45, 7) is 3.14. The van der Waals surface area contributed by atoms with Crippen molar-refractivity contribution in [1.82, 2.24) is 5.32 Å². The third-order valence-corrected chi connectivity index (χ3v) is 4.37. The smallest absolute Gasteiger partial charge is 0.325 e. The van der Waals surface area contributed by atoms with Crippen LogP contribution < -0.4 is 15.0 Å². The SMILES string of the molecule is COc1ccc(C(=O)NCC(=O)OCC(=O)N(CCC#N)c2cc(C)cc(C)c2)cc1. The molecule has 8 nitrogen and oxygen atoms in total. The molecule has 31 heavy (non-hydrogen) atoms. The number of carbonyl (C=O) groups is 3. The number of esters is 1. The molecule has 2 aromatic carbocycles. The molecule has 0 unspecified atom stereocenters. The quantitative estimate of drug-likeness (QED) is 0.621. The number of ether oxygens (including phenoxy) is 2. The van der Waals surface area contributed by atoms with Crippen LogP contribution in [0.25, 0.3) is 0 Å². The van der Waals surface area contributed by atoms with Crippen LogP contribution in [0.1, 0.15) is 27.9 Å². The van der Waals surface area contributed by atoms with E-state index < -0.39 is 24.4 Å². The van der Waals surface area contributed by atoms with Gasteiger partial charge in [0.25, 0.3) is 11.8 Å². The Balaban J connectivity index is 1.91. The molecule has 0 aliphatic carbocycles. The second kappa shape index (κ2) is 11.4. The van der Waals surface area contributed by atoms with Crippen LogP contribution in [0.4, 0.5) is 5.69 Å². The van der Waals surface area contributed by atoms with Crippen molar-refractivity contribution < 1.29 is 23.9 Å². The van der Waals surface area contributed by atoms with Crippen LogP contribution in [-0.4, -0.2) is 44.6 Å². The maximum atomic E-state index is 12.6. The van der Waals surface area contributed by atoms with Crippen LogP contribution in [0.2, 0.25) is 0 Å². The van der Waals surface area contributed by atoms with Crippen molar-refractivity contribution >= 4 is 23.5 Å². The van der Waals surface area contributed by atoms with E-state index in [9.17, 15) is 14.4 Å². The fourth-order valence-corrected chi connectivity index (χ4v) is 2.93. The Kier molecular flexibility index (Phi) is 8.58. The van der Waals surface area contributed by atoms with Crippen molar-refractivity contribution in [3.63, 3.8) is 0 Å². The van der Waals surface area contributed by atoms with Crippen LogP contribution in [0.3, 0.4) is 0 Å². The number of methoxy groups -OCH3 is 1. The first kappa shape index (κ1) is 23.4. The third-order valence-electron chi connectivity index (χ3n) is 4.37. The van der Waals surface area contributed by atoms with Crippen molar-refractivity contribution in [1.29, 1.82) is 5.26 Å². The van der Waals surface area contributed by atoms with E-state index in [-0.39, 0.29) is 19.5 Å². The van der Waals surface area contributed by atoms with E-state index in [1.54, 1.807) is 24.3 Å². The van der Waals surface area contributed by atoms with Gasteiger partial charge in [-0.3, -0.25) is 14.4 Å². The molecule has 0 fully saturated rings.